The minimum absolute atomic E-state index is 0.0101. The van der Waals surface area contributed by atoms with Crippen molar-refractivity contribution < 1.29 is 26.3 Å². The molecule has 0 amide bonds. The van der Waals surface area contributed by atoms with Crippen LogP contribution in [0.2, 0.25) is 0 Å². The number of hydrogen-bond acceptors (Lipinski definition) is 6. The molecule has 2 fully saturated rings. The summed E-state index contributed by atoms with van der Waals surface area (Å²) in [5, 5.41) is 0. The molecule has 0 saturated carbocycles. The van der Waals surface area contributed by atoms with E-state index in [-0.39, 0.29) is 32.1 Å². The van der Waals surface area contributed by atoms with Crippen LogP contribution < -0.4 is 0 Å². The van der Waals surface area contributed by atoms with Crippen LogP contribution >= 0.6 is 0 Å². The third kappa shape index (κ3) is 5.95. The Bertz CT molecular complexity index is 1100. The summed E-state index contributed by atoms with van der Waals surface area (Å²) < 4.78 is 66.6. The van der Waals surface area contributed by atoms with Gasteiger partial charge in [-0.15, -0.1) is 0 Å². The summed E-state index contributed by atoms with van der Waals surface area (Å²) in [6.45, 7) is 5.25. The molecule has 2 heterocycles. The highest BCUT2D eigenvalue weighted by Gasteiger charge is 2.36. The van der Waals surface area contributed by atoms with Gasteiger partial charge in [0.25, 0.3) is 0 Å². The lowest BCUT2D eigenvalue weighted by Gasteiger charge is -2.25. The van der Waals surface area contributed by atoms with Gasteiger partial charge < -0.3 is 9.47 Å². The van der Waals surface area contributed by atoms with Gasteiger partial charge in [-0.2, -0.15) is 8.61 Å². The smallest absolute Gasteiger partial charge is 0.243 e. The van der Waals surface area contributed by atoms with Gasteiger partial charge in [0.2, 0.25) is 20.0 Å². The standard InChI is InChI=1S/C25H34N2O6S2/c1-20-7-11-24(12-8-20)34(28,29)26-15-3-5-22(26)17-32-19-33-18-23-6-4-16-27(23)35(30,31)25-13-9-21(2)10-14-25/h7-14,22-23H,3-6,15-19H2,1-2H3/t22-,23-/m0/s1. The number of aryl methyl sites for hydroxylation is 2. The molecule has 2 aromatic carbocycles. The fourth-order valence-corrected chi connectivity index (χ4v) is 8.06. The highest BCUT2D eigenvalue weighted by Crippen LogP contribution is 2.28. The van der Waals surface area contributed by atoms with Crippen molar-refractivity contribution in [2.75, 3.05) is 33.1 Å². The van der Waals surface area contributed by atoms with Gasteiger partial charge in [0.1, 0.15) is 6.79 Å². The maximum Gasteiger partial charge on any atom is 0.243 e. The molecule has 0 bridgehead atoms. The van der Waals surface area contributed by atoms with E-state index in [1.165, 1.54) is 8.61 Å². The van der Waals surface area contributed by atoms with Gasteiger partial charge in [-0.25, -0.2) is 16.8 Å². The molecule has 2 atom stereocenters. The Labute approximate surface area is 208 Å². The first kappa shape index (κ1) is 26.2. The largest absolute Gasteiger partial charge is 0.354 e. The fraction of sp³-hybridized carbons (Fsp3) is 0.520. The van der Waals surface area contributed by atoms with Gasteiger partial charge in [0.15, 0.2) is 0 Å². The van der Waals surface area contributed by atoms with E-state index < -0.39 is 20.0 Å². The molecule has 0 aliphatic carbocycles. The third-order valence-electron chi connectivity index (χ3n) is 6.69. The van der Waals surface area contributed by atoms with Crippen LogP contribution in [0.5, 0.6) is 0 Å². The predicted molar refractivity (Wildman–Crippen MR) is 133 cm³/mol. The molecule has 10 heteroatoms. The number of ether oxygens (including phenoxy) is 2. The molecule has 2 saturated heterocycles. The molecular weight excluding hydrogens is 488 g/mol. The van der Waals surface area contributed by atoms with Gasteiger partial charge in [0, 0.05) is 25.2 Å². The number of sulfonamides is 2. The van der Waals surface area contributed by atoms with Gasteiger partial charge in [-0.05, 0) is 63.8 Å². The van der Waals surface area contributed by atoms with Crippen molar-refractivity contribution in [2.24, 2.45) is 0 Å². The van der Waals surface area contributed by atoms with Gasteiger partial charge in [-0.3, -0.25) is 0 Å². The zero-order chi connectivity index (χ0) is 25.1. The van der Waals surface area contributed by atoms with Crippen molar-refractivity contribution in [1.29, 1.82) is 0 Å². The topological polar surface area (TPSA) is 93.2 Å². The highest BCUT2D eigenvalue weighted by atomic mass is 32.2. The van der Waals surface area contributed by atoms with E-state index in [4.69, 9.17) is 9.47 Å². The predicted octanol–water partition coefficient (Wildman–Crippen LogP) is 3.30. The van der Waals surface area contributed by atoms with Crippen molar-refractivity contribution in [3.05, 3.63) is 59.7 Å². The SMILES string of the molecule is Cc1ccc(S(=O)(=O)N2CCC[C@H]2COCOC[C@@H]2CCCN2S(=O)(=O)c2ccc(C)cc2)cc1. The van der Waals surface area contributed by atoms with E-state index in [9.17, 15) is 16.8 Å². The Morgan fingerprint density at radius 2 is 1.06 bits per heavy atom. The minimum Gasteiger partial charge on any atom is -0.354 e. The van der Waals surface area contributed by atoms with Crippen LogP contribution in [0.25, 0.3) is 0 Å². The van der Waals surface area contributed by atoms with Crippen LogP contribution in [-0.2, 0) is 29.5 Å². The molecule has 0 N–H and O–H groups in total. The molecular formula is C25H34N2O6S2. The fourth-order valence-electron chi connectivity index (χ4n) is 4.70. The molecule has 35 heavy (non-hydrogen) atoms. The Balaban J connectivity index is 1.27. The quantitative estimate of drug-likeness (QED) is 0.351. The van der Waals surface area contributed by atoms with Crippen molar-refractivity contribution in [3.63, 3.8) is 0 Å². The first-order valence-electron chi connectivity index (χ1n) is 12.0. The second kappa shape index (κ2) is 11.1. The van der Waals surface area contributed by atoms with Gasteiger partial charge >= 0.3 is 0 Å². The van der Waals surface area contributed by atoms with Crippen LogP contribution in [-0.4, -0.2) is 70.6 Å². The Morgan fingerprint density at radius 1 is 0.686 bits per heavy atom. The minimum atomic E-state index is -3.57. The van der Waals surface area contributed by atoms with Crippen LogP contribution in [0, 0.1) is 13.8 Å². The van der Waals surface area contributed by atoms with Crippen LogP contribution in [0.1, 0.15) is 36.8 Å². The number of hydrogen-bond donors (Lipinski definition) is 0. The van der Waals surface area contributed by atoms with Gasteiger partial charge in [0.05, 0.1) is 23.0 Å². The van der Waals surface area contributed by atoms with E-state index in [1.54, 1.807) is 48.5 Å². The molecule has 0 unspecified atom stereocenters. The summed E-state index contributed by atoms with van der Waals surface area (Å²) in [6, 6.07) is 13.3. The molecule has 8 nitrogen and oxygen atoms in total. The average molecular weight is 523 g/mol. The Hall–Kier alpha value is -1.82. The first-order valence-corrected chi connectivity index (χ1v) is 14.9. The van der Waals surface area contributed by atoms with Crippen LogP contribution in [0.4, 0.5) is 0 Å². The van der Waals surface area contributed by atoms with Crippen LogP contribution in [0.3, 0.4) is 0 Å². The average Bonchev–Trinajstić information content (AvgIpc) is 3.50. The highest BCUT2D eigenvalue weighted by molar-refractivity contribution is 7.89. The van der Waals surface area contributed by atoms with Crippen molar-refractivity contribution >= 4 is 20.0 Å². The van der Waals surface area contributed by atoms with Crippen molar-refractivity contribution in [1.82, 2.24) is 8.61 Å². The van der Waals surface area contributed by atoms with E-state index in [2.05, 4.69) is 0 Å². The number of benzene rings is 2. The Kier molecular flexibility index (Phi) is 8.30. The van der Waals surface area contributed by atoms with E-state index in [0.717, 1.165) is 36.8 Å². The van der Waals surface area contributed by atoms with E-state index in [0.29, 0.717) is 22.9 Å². The number of nitrogens with zero attached hydrogens (tertiary/aromatic N) is 2. The van der Waals surface area contributed by atoms with E-state index >= 15 is 0 Å². The van der Waals surface area contributed by atoms with Crippen molar-refractivity contribution in [3.8, 4) is 0 Å². The molecule has 0 aromatic heterocycles. The number of rotatable bonds is 10. The lowest BCUT2D eigenvalue weighted by atomic mass is 10.2. The zero-order valence-electron chi connectivity index (χ0n) is 20.3. The first-order chi connectivity index (χ1) is 16.7. The normalized spacial score (nSPS) is 22.1. The summed E-state index contributed by atoms with van der Waals surface area (Å²) in [4.78, 5) is 0.588. The third-order valence-corrected chi connectivity index (χ3v) is 10.6. The monoisotopic (exact) mass is 522 g/mol. The molecule has 4 rings (SSSR count). The Morgan fingerprint density at radius 3 is 1.43 bits per heavy atom. The summed E-state index contributed by atoms with van der Waals surface area (Å²) in [5.41, 5.74) is 2.02. The lowest BCUT2D eigenvalue weighted by molar-refractivity contribution is -0.0707. The maximum absolute atomic E-state index is 13.1. The summed E-state index contributed by atoms with van der Waals surface area (Å²) in [5.74, 6) is 0. The zero-order valence-corrected chi connectivity index (χ0v) is 21.9. The summed E-state index contributed by atoms with van der Waals surface area (Å²) >= 11 is 0. The molecule has 2 aromatic rings. The van der Waals surface area contributed by atoms with E-state index in [1.807, 2.05) is 13.8 Å². The second-order valence-corrected chi connectivity index (χ2v) is 13.1. The summed E-state index contributed by atoms with van der Waals surface area (Å²) in [6.07, 6.45) is 3.04. The summed E-state index contributed by atoms with van der Waals surface area (Å²) in [7, 11) is -7.15. The van der Waals surface area contributed by atoms with Crippen molar-refractivity contribution in [2.45, 2.75) is 61.4 Å². The second-order valence-electron chi connectivity index (χ2n) is 9.31. The molecule has 2 aliphatic heterocycles. The molecule has 2 aliphatic rings. The van der Waals surface area contributed by atoms with Crippen LogP contribution in [0.15, 0.2) is 58.3 Å². The molecule has 0 radical (unpaired) electrons. The molecule has 0 spiro atoms. The lowest BCUT2D eigenvalue weighted by Crippen LogP contribution is -2.39. The van der Waals surface area contributed by atoms with Gasteiger partial charge in [-0.1, -0.05) is 35.4 Å². The maximum atomic E-state index is 13.1. The molecule has 192 valence electrons.